The SMILES string of the molecule is Cc1ccccc1CN(C)C(=O)C1CCCN(C(=O)c2ccncc2)C1. The molecule has 0 radical (unpaired) electrons. The minimum atomic E-state index is -0.136. The molecule has 2 aromatic rings. The van der Waals surface area contributed by atoms with Gasteiger partial charge in [-0.1, -0.05) is 24.3 Å². The van der Waals surface area contributed by atoms with Gasteiger partial charge in [-0.15, -0.1) is 0 Å². The summed E-state index contributed by atoms with van der Waals surface area (Å²) in [7, 11) is 1.85. The van der Waals surface area contributed by atoms with E-state index < -0.39 is 0 Å². The topological polar surface area (TPSA) is 53.5 Å². The van der Waals surface area contributed by atoms with Crippen LogP contribution in [0.25, 0.3) is 0 Å². The van der Waals surface area contributed by atoms with Gasteiger partial charge in [0, 0.05) is 44.6 Å². The van der Waals surface area contributed by atoms with Gasteiger partial charge in [0.1, 0.15) is 0 Å². The van der Waals surface area contributed by atoms with Crippen molar-refractivity contribution in [2.24, 2.45) is 5.92 Å². The number of carbonyl (C=O) groups excluding carboxylic acids is 2. The molecule has 0 spiro atoms. The summed E-state index contributed by atoms with van der Waals surface area (Å²) < 4.78 is 0. The quantitative estimate of drug-likeness (QED) is 0.851. The molecule has 5 heteroatoms. The van der Waals surface area contributed by atoms with Crippen LogP contribution < -0.4 is 0 Å². The lowest BCUT2D eigenvalue weighted by Gasteiger charge is -2.34. The Balaban J connectivity index is 1.64. The first-order valence-electron chi connectivity index (χ1n) is 9.05. The Morgan fingerprint density at radius 3 is 2.65 bits per heavy atom. The molecule has 1 fully saturated rings. The van der Waals surface area contributed by atoms with Crippen molar-refractivity contribution in [3.8, 4) is 0 Å². The van der Waals surface area contributed by atoms with Crippen LogP contribution >= 0.6 is 0 Å². The molecule has 1 saturated heterocycles. The number of aromatic nitrogens is 1. The van der Waals surface area contributed by atoms with E-state index in [2.05, 4.69) is 24.0 Å². The summed E-state index contributed by atoms with van der Waals surface area (Å²) in [5.41, 5.74) is 2.97. The standard InChI is InChI=1S/C21H25N3O2/c1-16-6-3-4-7-18(16)14-23(2)20(25)19-8-5-13-24(15-19)21(26)17-9-11-22-12-10-17/h3-4,6-7,9-12,19H,5,8,13-15H2,1-2H3. The van der Waals surface area contributed by atoms with E-state index in [-0.39, 0.29) is 17.7 Å². The highest BCUT2D eigenvalue weighted by Crippen LogP contribution is 2.21. The fraction of sp³-hybridized carbons (Fsp3) is 0.381. The summed E-state index contributed by atoms with van der Waals surface area (Å²) in [6.45, 7) is 3.84. The van der Waals surface area contributed by atoms with Crippen LogP contribution in [-0.2, 0) is 11.3 Å². The molecule has 3 rings (SSSR count). The van der Waals surface area contributed by atoms with Crippen LogP contribution in [-0.4, -0.2) is 46.7 Å². The minimum absolute atomic E-state index is 0.0218. The normalized spacial score (nSPS) is 17.0. The molecular weight excluding hydrogens is 326 g/mol. The molecule has 1 atom stereocenters. The van der Waals surface area contributed by atoms with Crippen molar-refractivity contribution >= 4 is 11.8 Å². The van der Waals surface area contributed by atoms with Crippen molar-refractivity contribution in [3.05, 3.63) is 65.5 Å². The minimum Gasteiger partial charge on any atom is -0.341 e. The van der Waals surface area contributed by atoms with Crippen LogP contribution in [0, 0.1) is 12.8 Å². The first-order chi connectivity index (χ1) is 12.6. The molecule has 136 valence electrons. The average Bonchev–Trinajstić information content (AvgIpc) is 2.69. The van der Waals surface area contributed by atoms with Crippen LogP contribution in [0.2, 0.25) is 0 Å². The van der Waals surface area contributed by atoms with Gasteiger partial charge in [-0.25, -0.2) is 0 Å². The first kappa shape index (κ1) is 18.1. The molecule has 2 heterocycles. The van der Waals surface area contributed by atoms with E-state index in [1.165, 1.54) is 5.56 Å². The van der Waals surface area contributed by atoms with Gasteiger partial charge < -0.3 is 9.80 Å². The summed E-state index contributed by atoms with van der Waals surface area (Å²) in [6.07, 6.45) is 4.92. The average molecular weight is 351 g/mol. The zero-order valence-corrected chi connectivity index (χ0v) is 15.4. The summed E-state index contributed by atoms with van der Waals surface area (Å²) in [5, 5.41) is 0. The second-order valence-corrected chi connectivity index (χ2v) is 6.95. The number of benzene rings is 1. The molecule has 1 aliphatic rings. The number of hydrogen-bond acceptors (Lipinski definition) is 3. The number of hydrogen-bond donors (Lipinski definition) is 0. The third kappa shape index (κ3) is 4.10. The van der Waals surface area contributed by atoms with Gasteiger partial charge in [-0.2, -0.15) is 0 Å². The zero-order valence-electron chi connectivity index (χ0n) is 15.4. The summed E-state index contributed by atoms with van der Waals surface area (Å²) in [6, 6.07) is 11.6. The van der Waals surface area contributed by atoms with Gasteiger partial charge >= 0.3 is 0 Å². The molecule has 0 N–H and O–H groups in total. The van der Waals surface area contributed by atoms with Crippen molar-refractivity contribution in [2.75, 3.05) is 20.1 Å². The zero-order chi connectivity index (χ0) is 18.5. The molecule has 1 unspecified atom stereocenters. The van der Waals surface area contributed by atoms with Crippen molar-refractivity contribution in [2.45, 2.75) is 26.3 Å². The number of rotatable bonds is 4. The van der Waals surface area contributed by atoms with E-state index in [4.69, 9.17) is 0 Å². The molecular formula is C21H25N3O2. The number of pyridine rings is 1. The van der Waals surface area contributed by atoms with Crippen LogP contribution in [0.4, 0.5) is 0 Å². The third-order valence-electron chi connectivity index (χ3n) is 5.03. The molecule has 0 bridgehead atoms. The molecule has 1 aliphatic heterocycles. The number of piperidine rings is 1. The molecule has 26 heavy (non-hydrogen) atoms. The van der Waals surface area contributed by atoms with E-state index in [0.717, 1.165) is 18.4 Å². The number of aryl methyl sites for hydroxylation is 1. The molecule has 2 amide bonds. The first-order valence-corrected chi connectivity index (χ1v) is 9.05. The van der Waals surface area contributed by atoms with Gasteiger partial charge in [-0.05, 0) is 43.0 Å². The summed E-state index contributed by atoms with van der Waals surface area (Å²) in [4.78, 5) is 33.1. The van der Waals surface area contributed by atoms with E-state index in [1.807, 2.05) is 19.2 Å². The highest BCUT2D eigenvalue weighted by Gasteiger charge is 2.30. The Morgan fingerprint density at radius 1 is 1.19 bits per heavy atom. The summed E-state index contributed by atoms with van der Waals surface area (Å²) >= 11 is 0. The van der Waals surface area contributed by atoms with Crippen LogP contribution in [0.1, 0.15) is 34.3 Å². The van der Waals surface area contributed by atoms with Crippen LogP contribution in [0.3, 0.4) is 0 Å². The number of nitrogens with zero attached hydrogens (tertiary/aromatic N) is 3. The second-order valence-electron chi connectivity index (χ2n) is 6.95. The second kappa shape index (κ2) is 8.13. The van der Waals surface area contributed by atoms with Crippen LogP contribution in [0.15, 0.2) is 48.8 Å². The fourth-order valence-corrected chi connectivity index (χ4v) is 3.47. The van der Waals surface area contributed by atoms with E-state index >= 15 is 0 Å². The summed E-state index contributed by atoms with van der Waals surface area (Å²) in [5.74, 6) is -0.0458. The Morgan fingerprint density at radius 2 is 1.92 bits per heavy atom. The lowest BCUT2D eigenvalue weighted by Crippen LogP contribution is -2.45. The Hall–Kier alpha value is -2.69. The smallest absolute Gasteiger partial charge is 0.253 e. The Kier molecular flexibility index (Phi) is 5.66. The molecule has 0 aliphatic carbocycles. The van der Waals surface area contributed by atoms with Crippen molar-refractivity contribution in [1.29, 1.82) is 0 Å². The van der Waals surface area contributed by atoms with E-state index in [0.29, 0.717) is 25.2 Å². The third-order valence-corrected chi connectivity index (χ3v) is 5.03. The fourth-order valence-electron chi connectivity index (χ4n) is 3.47. The molecule has 1 aromatic heterocycles. The lowest BCUT2D eigenvalue weighted by atomic mass is 9.95. The maximum absolute atomic E-state index is 12.9. The van der Waals surface area contributed by atoms with Crippen molar-refractivity contribution in [3.63, 3.8) is 0 Å². The largest absolute Gasteiger partial charge is 0.341 e. The lowest BCUT2D eigenvalue weighted by molar-refractivity contribution is -0.136. The van der Waals surface area contributed by atoms with E-state index in [1.54, 1.807) is 34.3 Å². The number of carbonyl (C=O) groups is 2. The monoisotopic (exact) mass is 351 g/mol. The predicted molar refractivity (Wildman–Crippen MR) is 101 cm³/mol. The molecule has 0 saturated carbocycles. The van der Waals surface area contributed by atoms with Gasteiger partial charge in [0.05, 0.1) is 5.92 Å². The number of likely N-dealkylation sites (tertiary alicyclic amines) is 1. The Labute approximate surface area is 154 Å². The van der Waals surface area contributed by atoms with Gasteiger partial charge in [0.2, 0.25) is 5.91 Å². The van der Waals surface area contributed by atoms with Gasteiger partial charge in [0.25, 0.3) is 5.91 Å². The maximum atomic E-state index is 12.9. The number of amides is 2. The van der Waals surface area contributed by atoms with Gasteiger partial charge in [0.15, 0.2) is 0 Å². The van der Waals surface area contributed by atoms with Gasteiger partial charge in [-0.3, -0.25) is 14.6 Å². The molecule has 1 aromatic carbocycles. The Bertz CT molecular complexity index is 776. The van der Waals surface area contributed by atoms with Crippen LogP contribution in [0.5, 0.6) is 0 Å². The van der Waals surface area contributed by atoms with E-state index in [9.17, 15) is 9.59 Å². The van der Waals surface area contributed by atoms with Crippen molar-refractivity contribution < 1.29 is 9.59 Å². The highest BCUT2D eigenvalue weighted by molar-refractivity contribution is 5.94. The maximum Gasteiger partial charge on any atom is 0.253 e. The predicted octanol–water partition coefficient (Wildman–Crippen LogP) is 2.90. The van der Waals surface area contributed by atoms with Crippen molar-refractivity contribution in [1.82, 2.24) is 14.8 Å². The highest BCUT2D eigenvalue weighted by atomic mass is 16.2. The molecule has 5 nitrogen and oxygen atoms in total.